The molecule has 0 aliphatic rings. The van der Waals surface area contributed by atoms with Gasteiger partial charge in [-0.15, -0.1) is 0 Å². The van der Waals surface area contributed by atoms with Crippen LogP contribution in [0, 0.1) is 13.8 Å². The minimum absolute atomic E-state index is 0.393. The Morgan fingerprint density at radius 2 is 1.68 bits per heavy atom. The van der Waals surface area contributed by atoms with Crippen molar-refractivity contribution in [1.29, 1.82) is 0 Å². The van der Waals surface area contributed by atoms with E-state index in [0.29, 0.717) is 11.3 Å². The van der Waals surface area contributed by atoms with Crippen molar-refractivity contribution in [2.24, 2.45) is 0 Å². The van der Waals surface area contributed by atoms with Crippen LogP contribution in [0.5, 0.6) is 0 Å². The van der Waals surface area contributed by atoms with Crippen LogP contribution in [0.1, 0.15) is 21.5 Å². The lowest BCUT2D eigenvalue weighted by Crippen LogP contribution is -2.38. The zero-order chi connectivity index (χ0) is 20.5. The predicted molar refractivity (Wildman–Crippen MR) is 103 cm³/mol. The summed E-state index contributed by atoms with van der Waals surface area (Å²) in [7, 11) is 0. The molecule has 8 nitrogen and oxygen atoms in total. The lowest BCUT2D eigenvalue weighted by Gasteiger charge is -2.10. The Labute approximate surface area is 162 Å². The predicted octanol–water partition coefficient (Wildman–Crippen LogP) is 1.92. The maximum absolute atomic E-state index is 11.8. The van der Waals surface area contributed by atoms with Gasteiger partial charge < -0.3 is 15.4 Å². The topological polar surface area (TPSA) is 114 Å². The third-order valence-corrected chi connectivity index (χ3v) is 3.68. The second-order valence-electron chi connectivity index (χ2n) is 6.03. The third kappa shape index (κ3) is 6.56. The number of carbonyl (C=O) groups excluding carboxylic acids is 4. The number of aryl methyl sites for hydroxylation is 2. The van der Waals surface area contributed by atoms with Crippen molar-refractivity contribution in [3.05, 3.63) is 65.2 Å². The lowest BCUT2D eigenvalue weighted by molar-refractivity contribution is -0.147. The van der Waals surface area contributed by atoms with Crippen LogP contribution in [0.4, 0.5) is 10.5 Å². The fourth-order valence-corrected chi connectivity index (χ4v) is 2.31. The molecule has 0 atom stereocenters. The van der Waals surface area contributed by atoms with E-state index in [1.165, 1.54) is 0 Å². The number of nitrogens with one attached hydrogen (secondary N) is 3. The minimum atomic E-state index is -0.797. The van der Waals surface area contributed by atoms with Crippen LogP contribution in [-0.4, -0.2) is 37.0 Å². The van der Waals surface area contributed by atoms with Gasteiger partial charge in [0.05, 0.1) is 0 Å². The van der Waals surface area contributed by atoms with Crippen LogP contribution in [0.15, 0.2) is 48.5 Å². The van der Waals surface area contributed by atoms with Gasteiger partial charge in [0.1, 0.15) is 6.54 Å². The van der Waals surface area contributed by atoms with Crippen LogP contribution in [-0.2, 0) is 14.3 Å². The highest BCUT2D eigenvalue weighted by Crippen LogP contribution is 2.15. The van der Waals surface area contributed by atoms with Gasteiger partial charge in [0, 0.05) is 11.3 Å². The summed E-state index contributed by atoms with van der Waals surface area (Å²) in [5.41, 5.74) is 2.86. The van der Waals surface area contributed by atoms with Crippen LogP contribution >= 0.6 is 0 Å². The number of ether oxygens (including phenoxy) is 1. The first-order chi connectivity index (χ1) is 13.3. The molecule has 4 amide bonds. The summed E-state index contributed by atoms with van der Waals surface area (Å²) in [4.78, 5) is 47.0. The Kier molecular flexibility index (Phi) is 7.27. The van der Waals surface area contributed by atoms with E-state index in [2.05, 4.69) is 16.0 Å². The highest BCUT2D eigenvalue weighted by molar-refractivity contribution is 6.02. The molecule has 0 saturated heterocycles. The number of benzene rings is 2. The second-order valence-corrected chi connectivity index (χ2v) is 6.03. The van der Waals surface area contributed by atoms with E-state index < -0.39 is 37.0 Å². The van der Waals surface area contributed by atoms with Gasteiger partial charge in [-0.1, -0.05) is 35.9 Å². The summed E-state index contributed by atoms with van der Waals surface area (Å²) in [6.07, 6.45) is 0. The van der Waals surface area contributed by atoms with Gasteiger partial charge in [0.15, 0.2) is 6.61 Å². The molecule has 2 aromatic carbocycles. The number of urea groups is 1. The number of esters is 1. The molecule has 2 aromatic rings. The number of amides is 4. The molecular formula is C20H21N3O5. The van der Waals surface area contributed by atoms with Crippen LogP contribution < -0.4 is 16.0 Å². The molecule has 0 aliphatic heterocycles. The maximum Gasteiger partial charge on any atom is 0.325 e. The van der Waals surface area contributed by atoms with Gasteiger partial charge in [-0.2, -0.15) is 0 Å². The number of imide groups is 1. The maximum atomic E-state index is 11.8. The number of anilines is 1. The van der Waals surface area contributed by atoms with Gasteiger partial charge in [0.2, 0.25) is 0 Å². The van der Waals surface area contributed by atoms with Gasteiger partial charge >= 0.3 is 12.0 Å². The van der Waals surface area contributed by atoms with Gasteiger partial charge in [0.25, 0.3) is 11.8 Å². The molecule has 8 heteroatoms. The molecule has 28 heavy (non-hydrogen) atoms. The highest BCUT2D eigenvalue weighted by atomic mass is 16.5. The van der Waals surface area contributed by atoms with Crippen molar-refractivity contribution in [2.45, 2.75) is 13.8 Å². The van der Waals surface area contributed by atoms with E-state index >= 15 is 0 Å². The average molecular weight is 383 g/mol. The largest absolute Gasteiger partial charge is 0.454 e. The van der Waals surface area contributed by atoms with Crippen molar-refractivity contribution in [3.8, 4) is 0 Å². The summed E-state index contributed by atoms with van der Waals surface area (Å²) in [5.74, 6) is -2.02. The average Bonchev–Trinajstić information content (AvgIpc) is 2.67. The zero-order valence-corrected chi connectivity index (χ0v) is 15.6. The highest BCUT2D eigenvalue weighted by Gasteiger charge is 2.13. The van der Waals surface area contributed by atoms with Crippen molar-refractivity contribution in [3.63, 3.8) is 0 Å². The van der Waals surface area contributed by atoms with Crippen LogP contribution in [0.25, 0.3) is 0 Å². The number of rotatable bonds is 6. The van der Waals surface area contributed by atoms with E-state index in [1.807, 2.05) is 26.0 Å². The molecule has 146 valence electrons. The van der Waals surface area contributed by atoms with E-state index in [-0.39, 0.29) is 0 Å². The third-order valence-electron chi connectivity index (χ3n) is 3.68. The summed E-state index contributed by atoms with van der Waals surface area (Å²) in [6, 6.07) is 13.1. The lowest BCUT2D eigenvalue weighted by atomic mass is 10.1. The number of hydrogen-bond donors (Lipinski definition) is 3. The molecule has 0 aliphatic carbocycles. The normalized spacial score (nSPS) is 9.93. The smallest absolute Gasteiger partial charge is 0.325 e. The molecule has 0 unspecified atom stereocenters. The molecule has 3 N–H and O–H groups in total. The molecule has 0 bridgehead atoms. The van der Waals surface area contributed by atoms with Crippen molar-refractivity contribution >= 4 is 29.5 Å². The molecule has 0 aromatic heterocycles. The fourth-order valence-electron chi connectivity index (χ4n) is 2.31. The fraction of sp³-hybridized carbons (Fsp3) is 0.200. The Morgan fingerprint density at radius 1 is 0.964 bits per heavy atom. The molecular weight excluding hydrogens is 362 g/mol. The van der Waals surface area contributed by atoms with Gasteiger partial charge in [-0.25, -0.2) is 4.79 Å². The monoisotopic (exact) mass is 383 g/mol. The summed E-state index contributed by atoms with van der Waals surface area (Å²) >= 11 is 0. The molecule has 0 heterocycles. The molecule has 0 spiro atoms. The van der Waals surface area contributed by atoms with Gasteiger partial charge in [-0.05, 0) is 37.6 Å². The standard InChI is InChI=1S/C20H21N3O5/c1-13-8-9-16(14(2)10-13)22-20(27)23-17(24)12-28-18(25)11-21-19(26)15-6-4-3-5-7-15/h3-10H,11-12H2,1-2H3,(H,21,26)(H2,22,23,24,27). The van der Waals surface area contributed by atoms with Crippen molar-refractivity contribution in [1.82, 2.24) is 10.6 Å². The Bertz CT molecular complexity index is 881. The summed E-state index contributed by atoms with van der Waals surface area (Å²) in [6.45, 7) is 2.73. The first kappa shape index (κ1) is 20.6. The quantitative estimate of drug-likeness (QED) is 0.660. The zero-order valence-electron chi connectivity index (χ0n) is 15.6. The number of hydrogen-bond acceptors (Lipinski definition) is 5. The molecule has 0 saturated carbocycles. The van der Waals surface area contributed by atoms with E-state index in [0.717, 1.165) is 11.1 Å². The van der Waals surface area contributed by atoms with E-state index in [9.17, 15) is 19.2 Å². The second kappa shape index (κ2) is 9.86. The first-order valence-electron chi connectivity index (χ1n) is 8.52. The minimum Gasteiger partial charge on any atom is -0.454 e. The van der Waals surface area contributed by atoms with E-state index in [4.69, 9.17) is 4.74 Å². The summed E-state index contributed by atoms with van der Waals surface area (Å²) in [5, 5.41) is 6.99. The Balaban J connectivity index is 1.70. The SMILES string of the molecule is Cc1ccc(NC(=O)NC(=O)COC(=O)CNC(=O)c2ccccc2)c(C)c1. The first-order valence-corrected chi connectivity index (χ1v) is 8.52. The van der Waals surface area contributed by atoms with Crippen LogP contribution in [0.3, 0.4) is 0 Å². The van der Waals surface area contributed by atoms with E-state index in [1.54, 1.807) is 36.4 Å². The Morgan fingerprint density at radius 3 is 2.36 bits per heavy atom. The van der Waals surface area contributed by atoms with Gasteiger partial charge in [-0.3, -0.25) is 19.7 Å². The van der Waals surface area contributed by atoms with Crippen molar-refractivity contribution in [2.75, 3.05) is 18.5 Å². The Hall–Kier alpha value is -3.68. The van der Waals surface area contributed by atoms with Crippen molar-refractivity contribution < 1.29 is 23.9 Å². The molecule has 0 radical (unpaired) electrons. The molecule has 0 fully saturated rings. The van der Waals surface area contributed by atoms with Crippen LogP contribution in [0.2, 0.25) is 0 Å². The summed E-state index contributed by atoms with van der Waals surface area (Å²) < 4.78 is 4.73. The number of carbonyl (C=O) groups is 4. The molecule has 2 rings (SSSR count).